The van der Waals surface area contributed by atoms with Gasteiger partial charge >= 0.3 is 0 Å². The van der Waals surface area contributed by atoms with Crippen molar-refractivity contribution in [3.05, 3.63) is 68.3 Å². The average molecular weight is 481 g/mol. The maximum absolute atomic E-state index is 11.0. The summed E-state index contributed by atoms with van der Waals surface area (Å²) < 4.78 is 5.37. The van der Waals surface area contributed by atoms with Crippen LogP contribution in [-0.4, -0.2) is 62.4 Å². The number of nitrogens with one attached hydrogen (secondary N) is 2. The van der Waals surface area contributed by atoms with Gasteiger partial charge in [-0.05, 0) is 18.2 Å². The van der Waals surface area contributed by atoms with E-state index in [1.807, 2.05) is 4.90 Å². The lowest BCUT2D eigenvalue weighted by Gasteiger charge is -2.27. The number of anilines is 4. The molecule has 0 radical (unpaired) electrons. The van der Waals surface area contributed by atoms with Crippen molar-refractivity contribution in [1.82, 2.24) is 15.0 Å². The monoisotopic (exact) mass is 481 g/mol. The molecule has 0 amide bonds. The van der Waals surface area contributed by atoms with Crippen molar-refractivity contribution < 1.29 is 19.7 Å². The van der Waals surface area contributed by atoms with Crippen LogP contribution in [-0.2, 0) is 4.74 Å². The Balaban J connectivity index is 1.58. The molecule has 0 unspecified atom stereocenters. The number of phenolic OH excluding ortho intramolecular Hbond substituents is 1. The van der Waals surface area contributed by atoms with Crippen LogP contribution in [0.15, 0.2) is 47.6 Å². The third kappa shape index (κ3) is 5.91. The van der Waals surface area contributed by atoms with E-state index in [0.29, 0.717) is 37.9 Å². The second-order valence-corrected chi connectivity index (χ2v) is 7.18. The van der Waals surface area contributed by atoms with Crippen LogP contribution in [0.4, 0.5) is 34.9 Å². The van der Waals surface area contributed by atoms with Crippen LogP contribution in [0.2, 0.25) is 0 Å². The van der Waals surface area contributed by atoms with Crippen molar-refractivity contribution in [2.45, 2.75) is 0 Å². The minimum atomic E-state index is -0.582. The van der Waals surface area contributed by atoms with Gasteiger partial charge in [-0.25, -0.2) is 5.43 Å². The number of aromatic hydroxyl groups is 1. The van der Waals surface area contributed by atoms with Gasteiger partial charge in [0.2, 0.25) is 17.8 Å². The molecule has 0 saturated carbocycles. The van der Waals surface area contributed by atoms with E-state index in [0.717, 1.165) is 0 Å². The molecule has 1 saturated heterocycles. The topological polar surface area (TPSA) is 194 Å². The fraction of sp³-hybridized carbons (Fsp3) is 0.200. The van der Waals surface area contributed by atoms with E-state index in [2.05, 4.69) is 30.8 Å². The third-order valence-electron chi connectivity index (χ3n) is 4.84. The van der Waals surface area contributed by atoms with Crippen molar-refractivity contribution in [2.24, 2.45) is 5.10 Å². The highest BCUT2D eigenvalue weighted by molar-refractivity contribution is 5.84. The van der Waals surface area contributed by atoms with Crippen LogP contribution in [0.25, 0.3) is 0 Å². The minimum Gasteiger partial charge on any atom is -0.507 e. The molecule has 0 spiro atoms. The molecule has 1 fully saturated rings. The van der Waals surface area contributed by atoms with Gasteiger partial charge in [-0.3, -0.25) is 20.2 Å². The van der Waals surface area contributed by atoms with Crippen LogP contribution in [0.3, 0.4) is 0 Å². The molecule has 180 valence electrons. The Bertz CT molecular complexity index is 1260. The van der Waals surface area contributed by atoms with Crippen molar-refractivity contribution in [3.8, 4) is 5.75 Å². The van der Waals surface area contributed by atoms with E-state index in [4.69, 9.17) is 4.74 Å². The average Bonchev–Trinajstić information content (AvgIpc) is 2.86. The van der Waals surface area contributed by atoms with Gasteiger partial charge < -0.3 is 20.1 Å². The van der Waals surface area contributed by atoms with Gasteiger partial charge in [-0.15, -0.1) is 0 Å². The predicted molar refractivity (Wildman–Crippen MR) is 125 cm³/mol. The zero-order chi connectivity index (χ0) is 24.8. The van der Waals surface area contributed by atoms with Crippen LogP contribution in [0, 0.1) is 20.2 Å². The molecule has 4 rings (SSSR count). The highest BCUT2D eigenvalue weighted by atomic mass is 16.6. The summed E-state index contributed by atoms with van der Waals surface area (Å²) in [5.41, 5.74) is 3.03. The number of nitro groups is 2. The summed E-state index contributed by atoms with van der Waals surface area (Å²) in [4.78, 5) is 35.7. The molecule has 0 atom stereocenters. The zero-order valence-corrected chi connectivity index (χ0v) is 18.1. The molecule has 3 N–H and O–H groups in total. The third-order valence-corrected chi connectivity index (χ3v) is 4.84. The van der Waals surface area contributed by atoms with Gasteiger partial charge in [-0.2, -0.15) is 20.1 Å². The summed E-state index contributed by atoms with van der Waals surface area (Å²) in [6.45, 7) is 2.13. The molecule has 15 nitrogen and oxygen atoms in total. The molecule has 15 heteroatoms. The van der Waals surface area contributed by atoms with E-state index < -0.39 is 9.85 Å². The number of ether oxygens (including phenoxy) is 1. The van der Waals surface area contributed by atoms with Crippen molar-refractivity contribution in [2.75, 3.05) is 41.9 Å². The van der Waals surface area contributed by atoms with Gasteiger partial charge in [-0.1, -0.05) is 0 Å². The van der Waals surface area contributed by atoms with E-state index in [-0.39, 0.29) is 34.6 Å². The second-order valence-electron chi connectivity index (χ2n) is 7.18. The number of morpholine rings is 1. The zero-order valence-electron chi connectivity index (χ0n) is 18.1. The van der Waals surface area contributed by atoms with Gasteiger partial charge in [0, 0.05) is 48.6 Å². The van der Waals surface area contributed by atoms with E-state index >= 15 is 0 Å². The van der Waals surface area contributed by atoms with Crippen LogP contribution in [0.1, 0.15) is 5.56 Å². The molecule has 1 aromatic heterocycles. The van der Waals surface area contributed by atoms with Gasteiger partial charge in [0.1, 0.15) is 5.75 Å². The number of non-ortho nitro benzene ring substituents is 2. The Labute approximate surface area is 197 Å². The van der Waals surface area contributed by atoms with Crippen LogP contribution in [0.5, 0.6) is 5.75 Å². The van der Waals surface area contributed by atoms with Crippen molar-refractivity contribution in [1.29, 1.82) is 0 Å². The quantitative estimate of drug-likeness (QED) is 0.242. The fourth-order valence-corrected chi connectivity index (χ4v) is 3.09. The first-order chi connectivity index (χ1) is 16.9. The second kappa shape index (κ2) is 10.3. The van der Waals surface area contributed by atoms with Crippen molar-refractivity contribution in [3.63, 3.8) is 0 Å². The predicted octanol–water partition coefficient (Wildman–Crippen LogP) is 2.42. The number of aromatic nitrogens is 3. The highest BCUT2D eigenvalue weighted by Crippen LogP contribution is 2.23. The summed E-state index contributed by atoms with van der Waals surface area (Å²) >= 11 is 0. The molecule has 0 bridgehead atoms. The molecule has 2 aromatic carbocycles. The van der Waals surface area contributed by atoms with Crippen LogP contribution >= 0.6 is 0 Å². The maximum Gasteiger partial charge on any atom is 0.270 e. The number of rotatable bonds is 8. The lowest BCUT2D eigenvalue weighted by atomic mass is 10.2. The number of phenols is 1. The Hall–Kier alpha value is -4.92. The number of hydrazone groups is 1. The summed E-state index contributed by atoms with van der Waals surface area (Å²) in [5.74, 6) is 0.383. The normalized spacial score (nSPS) is 13.5. The molecule has 2 heterocycles. The molecule has 1 aliphatic heterocycles. The molecular formula is C20H19N9O6. The summed E-state index contributed by atoms with van der Waals surface area (Å²) in [7, 11) is 0. The number of hydrogen-bond acceptors (Lipinski definition) is 13. The number of hydrogen-bond donors (Lipinski definition) is 3. The van der Waals surface area contributed by atoms with E-state index in [9.17, 15) is 25.3 Å². The molecule has 1 aliphatic rings. The van der Waals surface area contributed by atoms with E-state index in [1.54, 1.807) is 0 Å². The standard InChI is InChI=1S/C20H19N9O6/c30-17-6-5-16(29(33)34)11-13(17)12-21-26-19-23-18(22-14-1-3-15(4-2-14)28(31)32)24-20(25-19)27-7-9-35-10-8-27/h1-6,11-12,30H,7-10H2,(H2,22,23,24,25,26). The molecule has 0 aliphatic carbocycles. The van der Waals surface area contributed by atoms with Gasteiger partial charge in [0.15, 0.2) is 0 Å². The summed E-state index contributed by atoms with van der Waals surface area (Å²) in [6.07, 6.45) is 1.20. The lowest BCUT2D eigenvalue weighted by Crippen LogP contribution is -2.37. The Kier molecular flexibility index (Phi) is 6.87. The smallest absolute Gasteiger partial charge is 0.270 e. The van der Waals surface area contributed by atoms with Crippen LogP contribution < -0.4 is 15.6 Å². The Morgan fingerprint density at radius 1 is 0.971 bits per heavy atom. The molecular weight excluding hydrogens is 462 g/mol. The molecule has 35 heavy (non-hydrogen) atoms. The minimum absolute atomic E-state index is 0.0544. The number of benzene rings is 2. The van der Waals surface area contributed by atoms with Gasteiger partial charge in [0.25, 0.3) is 11.4 Å². The Morgan fingerprint density at radius 3 is 2.31 bits per heavy atom. The number of nitrogens with zero attached hydrogens (tertiary/aromatic N) is 7. The first-order valence-corrected chi connectivity index (χ1v) is 10.3. The first-order valence-electron chi connectivity index (χ1n) is 10.3. The lowest BCUT2D eigenvalue weighted by molar-refractivity contribution is -0.385. The molecule has 3 aromatic rings. The SMILES string of the molecule is O=[N+]([O-])c1ccc(Nc2nc(NN=Cc3cc([N+](=O)[O-])ccc3O)nc(N3CCOCC3)n2)cc1. The van der Waals surface area contributed by atoms with Crippen molar-refractivity contribution >= 4 is 41.1 Å². The van der Waals surface area contributed by atoms with E-state index in [1.165, 1.54) is 48.7 Å². The summed E-state index contributed by atoms with van der Waals surface area (Å²) in [5, 5.41) is 38.7. The summed E-state index contributed by atoms with van der Waals surface area (Å²) in [6, 6.07) is 9.29. The fourth-order valence-electron chi connectivity index (χ4n) is 3.09. The first kappa shape index (κ1) is 23.2. The number of nitro benzene ring substituents is 2. The maximum atomic E-state index is 11.0. The van der Waals surface area contributed by atoms with Gasteiger partial charge in [0.05, 0.1) is 29.3 Å². The highest BCUT2D eigenvalue weighted by Gasteiger charge is 2.17. The Morgan fingerprint density at radius 2 is 1.63 bits per heavy atom. The largest absolute Gasteiger partial charge is 0.507 e.